The molecule has 6 N–H and O–H groups in total. The lowest BCUT2D eigenvalue weighted by Crippen LogP contribution is -2.19. The van der Waals surface area contributed by atoms with Gasteiger partial charge in [0.2, 0.25) is 10.0 Å². The number of alkyl halides is 9. The number of H-pyrrole nitrogens is 3. The first kappa shape index (κ1) is 70.3. The van der Waals surface area contributed by atoms with Gasteiger partial charge in [0, 0.05) is 23.3 Å². The average Bonchev–Trinajstić information content (AvgIpc) is 1.61. The van der Waals surface area contributed by atoms with Crippen LogP contribution < -0.4 is 18.9 Å². The molecule has 3 heterocycles. The number of anilines is 1. The van der Waals surface area contributed by atoms with Gasteiger partial charge in [-0.3, -0.25) is 4.72 Å². The van der Waals surface area contributed by atoms with Crippen LogP contribution >= 0.6 is 0 Å². The summed E-state index contributed by atoms with van der Waals surface area (Å²) in [5.74, 6) is 4.71. The lowest BCUT2D eigenvalue weighted by atomic mass is 9.89. The van der Waals surface area contributed by atoms with Gasteiger partial charge in [-0.05, 0) is 192 Å². The van der Waals surface area contributed by atoms with Gasteiger partial charge in [0.1, 0.15) is 34.7 Å². The number of fused-ring (bicyclic) bond motifs is 3. The molecule has 3 aromatic heterocycles. The highest BCUT2D eigenvalue weighted by Crippen LogP contribution is 2.56. The Hall–Kier alpha value is -10.2. The van der Waals surface area contributed by atoms with Crippen molar-refractivity contribution in [1.29, 1.82) is 0 Å². The Morgan fingerprint density at radius 2 is 0.794 bits per heavy atom. The van der Waals surface area contributed by atoms with E-state index in [1.807, 2.05) is 127 Å². The highest BCUT2D eigenvalue weighted by Gasteiger charge is 2.44. The molecule has 3 aliphatic carbocycles. The van der Waals surface area contributed by atoms with Crippen molar-refractivity contribution in [3.8, 4) is 50.6 Å². The van der Waals surface area contributed by atoms with E-state index in [0.717, 1.165) is 137 Å². The van der Waals surface area contributed by atoms with E-state index in [1.54, 1.807) is 81.4 Å². The number of sulfonamides is 1. The molecular weight excluding hydrogens is 1350 g/mol. The third kappa shape index (κ3) is 17.2. The van der Waals surface area contributed by atoms with Crippen LogP contribution in [0.5, 0.6) is 17.2 Å². The van der Waals surface area contributed by atoms with E-state index < -0.39 is 60.1 Å². The number of aromatic amines is 3. The molecule has 0 spiro atoms. The van der Waals surface area contributed by atoms with Gasteiger partial charge in [0.15, 0.2) is 19.8 Å². The number of rotatable bonds is 19. The molecular formula is C78H70F9N7O7S. The van der Waals surface area contributed by atoms with Crippen molar-refractivity contribution in [2.24, 2.45) is 0 Å². The summed E-state index contributed by atoms with van der Waals surface area (Å²) in [5, 5.41) is 20.7. The molecule has 24 heteroatoms. The second kappa shape index (κ2) is 28.0. The number of imidazole rings is 3. The predicted octanol–water partition coefficient (Wildman–Crippen LogP) is 19.0. The summed E-state index contributed by atoms with van der Waals surface area (Å²) in [6.45, 7) is 1.42. The second-order valence-electron chi connectivity index (χ2n) is 26.6. The summed E-state index contributed by atoms with van der Waals surface area (Å²) in [6.07, 6.45) is -9.77. The Kier molecular flexibility index (Phi) is 19.3. The smallest absolute Gasteiger partial charge is 0.422 e. The molecule has 3 saturated carbocycles. The molecule has 15 rings (SSSR count). The summed E-state index contributed by atoms with van der Waals surface area (Å²) >= 11 is 0. The van der Waals surface area contributed by atoms with Crippen LogP contribution in [0.3, 0.4) is 0 Å². The second-order valence-corrected chi connectivity index (χ2v) is 28.4. The number of para-hydroxylation sites is 1. The van der Waals surface area contributed by atoms with Gasteiger partial charge in [0.25, 0.3) is 0 Å². The lowest BCUT2D eigenvalue weighted by molar-refractivity contribution is -0.154. The van der Waals surface area contributed by atoms with E-state index in [4.69, 9.17) is 29.2 Å². The fraction of sp³-hybridized carbons (Fsp3) is 0.269. The van der Waals surface area contributed by atoms with Gasteiger partial charge in [-0.25, -0.2) is 23.4 Å². The zero-order valence-corrected chi connectivity index (χ0v) is 56.2. The summed E-state index contributed by atoms with van der Waals surface area (Å²) < 4.78 is 151. The van der Waals surface area contributed by atoms with Crippen molar-refractivity contribution in [3.63, 3.8) is 0 Å². The maximum atomic E-state index is 12.3. The normalized spacial score (nSPS) is 18.4. The minimum atomic E-state index is -4.37. The standard InChI is InChI=1S/C27H25F3N2O2.C26H23F3N2O2.C25H22F3N3O3S/c1-26(2,33)22-6-4-3-5-19(22)17-9-12-23-24(13-17)32-25(31-23)21-14-20(21)16-7-10-18(11-8-16)34-15-27(28,29)30;1-15(32)19-4-2-3-5-20(19)17-8-11-23-24(12-17)31-25(30-23)22-13-21(22)16-6-9-18(10-7-16)33-14-26(27,28)29;1-35(32,33)31-21-5-3-2-4-18(21)16-8-11-22-23(12-16)30-24(29-22)20-13-19(20)15-6-9-17(10-7-15)34-14-25(26,27)28/h3-13,20-21,33H,14-15H2,1-2H3,(H,31,32);2-12,15,21-22,32H,13-14H2,1H3,(H,30,31);2-12,19-20,31H,13-14H2,1H3,(H,29,30). The number of halogens is 9. The van der Waals surface area contributed by atoms with Crippen LogP contribution in [-0.4, -0.2) is 93.1 Å². The Bertz CT molecular complexity index is 5090. The van der Waals surface area contributed by atoms with E-state index in [2.05, 4.69) is 31.8 Å². The first-order valence-electron chi connectivity index (χ1n) is 33.0. The van der Waals surface area contributed by atoms with Crippen LogP contribution in [-0.2, 0) is 15.6 Å². The van der Waals surface area contributed by atoms with Gasteiger partial charge in [-0.2, -0.15) is 39.5 Å². The fourth-order valence-corrected chi connectivity index (χ4v) is 13.6. The zero-order chi connectivity index (χ0) is 72.0. The number of hydrogen-bond acceptors (Lipinski definition) is 10. The largest absolute Gasteiger partial charge is 0.484 e. The molecule has 0 bridgehead atoms. The van der Waals surface area contributed by atoms with Gasteiger partial charge in [0.05, 0.1) is 56.7 Å². The molecule has 7 unspecified atom stereocenters. The number of hydrogen-bond donors (Lipinski definition) is 6. The van der Waals surface area contributed by atoms with Crippen molar-refractivity contribution >= 4 is 48.8 Å². The number of aliphatic hydroxyl groups excluding tert-OH is 1. The maximum absolute atomic E-state index is 12.3. The maximum Gasteiger partial charge on any atom is 0.422 e. The van der Waals surface area contributed by atoms with E-state index >= 15 is 0 Å². The number of benzene rings is 9. The molecule has 3 aliphatic rings. The molecule has 0 radical (unpaired) electrons. The van der Waals surface area contributed by atoms with Crippen molar-refractivity contribution in [2.75, 3.05) is 30.8 Å². The quantitative estimate of drug-likeness (QED) is 0.0423. The third-order valence-electron chi connectivity index (χ3n) is 18.2. The number of aromatic nitrogens is 6. The van der Waals surface area contributed by atoms with Crippen LogP contribution in [0.15, 0.2) is 200 Å². The van der Waals surface area contributed by atoms with Crippen molar-refractivity contribution in [2.45, 2.75) is 106 Å². The third-order valence-corrected chi connectivity index (χ3v) is 18.8. The van der Waals surface area contributed by atoms with Gasteiger partial charge < -0.3 is 39.4 Å². The molecule has 9 aromatic carbocycles. The molecule has 12 aromatic rings. The number of nitrogens with one attached hydrogen (secondary N) is 4. The van der Waals surface area contributed by atoms with Crippen molar-refractivity contribution in [1.82, 2.24) is 29.9 Å². The molecule has 3 fully saturated rings. The topological polar surface area (TPSA) is 200 Å². The number of ether oxygens (including phenoxy) is 3. The average molecular weight is 1420 g/mol. The molecule has 7 atom stereocenters. The zero-order valence-electron chi connectivity index (χ0n) is 55.4. The van der Waals surface area contributed by atoms with E-state index in [-0.39, 0.29) is 52.8 Å². The Labute approximate surface area is 581 Å². The molecule has 0 aliphatic heterocycles. The van der Waals surface area contributed by atoms with Gasteiger partial charge in [-0.1, -0.05) is 121 Å². The number of aliphatic hydroxyl groups is 2. The summed E-state index contributed by atoms with van der Waals surface area (Å²) in [7, 11) is -3.42. The van der Waals surface area contributed by atoms with Crippen LogP contribution in [0, 0.1) is 0 Å². The number of nitrogens with zero attached hydrogens (tertiary/aromatic N) is 3. The van der Waals surface area contributed by atoms with Gasteiger partial charge >= 0.3 is 18.5 Å². The highest BCUT2D eigenvalue weighted by molar-refractivity contribution is 7.92. The van der Waals surface area contributed by atoms with Crippen molar-refractivity contribution < 1.29 is 72.4 Å². The van der Waals surface area contributed by atoms with Crippen LogP contribution in [0.1, 0.15) is 127 Å². The van der Waals surface area contributed by atoms with Gasteiger partial charge in [-0.15, -0.1) is 0 Å². The Morgan fingerprint density at radius 3 is 1.16 bits per heavy atom. The first-order valence-corrected chi connectivity index (χ1v) is 34.9. The Morgan fingerprint density at radius 1 is 0.461 bits per heavy atom. The van der Waals surface area contributed by atoms with E-state index in [1.165, 1.54) is 0 Å². The molecule has 102 heavy (non-hydrogen) atoms. The predicted molar refractivity (Wildman–Crippen MR) is 373 cm³/mol. The molecule has 528 valence electrons. The Balaban J connectivity index is 0.000000137. The fourth-order valence-electron chi connectivity index (χ4n) is 13.1. The van der Waals surface area contributed by atoms with E-state index in [0.29, 0.717) is 5.69 Å². The first-order chi connectivity index (χ1) is 48.4. The molecule has 0 amide bonds. The summed E-state index contributed by atoms with van der Waals surface area (Å²) in [4.78, 5) is 24.5. The highest BCUT2D eigenvalue weighted by atomic mass is 32.2. The minimum Gasteiger partial charge on any atom is -0.484 e. The van der Waals surface area contributed by atoms with E-state index in [9.17, 15) is 58.1 Å². The SMILES string of the molecule is CC(C)(O)c1ccccc1-c1ccc2nc(C3CC3c3ccc(OCC(F)(F)F)cc3)[nH]c2c1.CC(O)c1ccccc1-c1ccc2nc(C3CC3c3ccc(OCC(F)(F)F)cc3)[nH]c2c1.CS(=O)(=O)Nc1ccccc1-c1ccc2nc(C3CC3c3ccc(OCC(F)(F)F)cc3)[nH]c2c1. The summed E-state index contributed by atoms with van der Waals surface area (Å²) in [5.41, 5.74) is 15.3. The molecule has 0 saturated heterocycles. The summed E-state index contributed by atoms with van der Waals surface area (Å²) in [6, 6.07) is 61.0. The molecule has 14 nitrogen and oxygen atoms in total. The van der Waals surface area contributed by atoms with Crippen LogP contribution in [0.2, 0.25) is 0 Å². The monoisotopic (exact) mass is 1420 g/mol. The minimum absolute atomic E-state index is 0.185. The lowest BCUT2D eigenvalue weighted by Gasteiger charge is -2.21. The van der Waals surface area contributed by atoms with Crippen LogP contribution in [0.4, 0.5) is 45.2 Å². The van der Waals surface area contributed by atoms with Crippen LogP contribution in [0.25, 0.3) is 66.5 Å². The van der Waals surface area contributed by atoms with Crippen molar-refractivity contribution in [3.05, 3.63) is 245 Å².